The van der Waals surface area contributed by atoms with Crippen molar-refractivity contribution in [3.63, 3.8) is 0 Å². The molecule has 1 fully saturated rings. The van der Waals surface area contributed by atoms with Crippen LogP contribution in [0.25, 0.3) is 0 Å². The Labute approximate surface area is 101 Å². The molecular weight excluding hydrogens is 224 g/mol. The van der Waals surface area contributed by atoms with Crippen molar-refractivity contribution in [2.24, 2.45) is 0 Å². The van der Waals surface area contributed by atoms with Gasteiger partial charge in [-0.2, -0.15) is 0 Å². The molecule has 98 valence electrons. The number of hydrogen-bond donors (Lipinski definition) is 2. The lowest BCUT2D eigenvalue weighted by atomic mass is 10.2. The molecule has 1 unspecified atom stereocenters. The van der Waals surface area contributed by atoms with Crippen LogP contribution >= 0.6 is 0 Å². The van der Waals surface area contributed by atoms with Crippen molar-refractivity contribution in [1.29, 1.82) is 0 Å². The first-order valence-electron chi connectivity index (χ1n) is 5.99. The predicted octanol–water partition coefficient (Wildman–Crippen LogP) is 0.672. The zero-order valence-electron chi connectivity index (χ0n) is 10.1. The van der Waals surface area contributed by atoms with Crippen LogP contribution in [0.3, 0.4) is 0 Å². The molecule has 0 aromatic heterocycles. The monoisotopic (exact) mass is 244 g/mol. The van der Waals surface area contributed by atoms with Gasteiger partial charge >= 0.3 is 12.0 Å². The molecule has 0 radical (unpaired) electrons. The van der Waals surface area contributed by atoms with Crippen LogP contribution in [0.15, 0.2) is 0 Å². The summed E-state index contributed by atoms with van der Waals surface area (Å²) in [6.45, 7) is 4.00. The van der Waals surface area contributed by atoms with Gasteiger partial charge in [0.25, 0.3) is 0 Å². The molecular formula is C11H20N2O4. The molecule has 0 aliphatic carbocycles. The number of aliphatic carboxylic acids is 1. The molecule has 0 aromatic rings. The molecule has 6 nitrogen and oxygen atoms in total. The minimum atomic E-state index is -0.910. The highest BCUT2D eigenvalue weighted by molar-refractivity contribution is 5.75. The Morgan fingerprint density at radius 1 is 1.53 bits per heavy atom. The maximum Gasteiger partial charge on any atom is 0.317 e. The molecule has 2 N–H and O–H groups in total. The van der Waals surface area contributed by atoms with Crippen LogP contribution in [-0.4, -0.2) is 54.4 Å². The third-order valence-electron chi connectivity index (χ3n) is 2.73. The van der Waals surface area contributed by atoms with E-state index in [1.807, 2.05) is 6.92 Å². The Hall–Kier alpha value is -1.30. The molecule has 1 saturated heterocycles. The minimum absolute atomic E-state index is 0.0524. The summed E-state index contributed by atoms with van der Waals surface area (Å²) in [4.78, 5) is 23.7. The van der Waals surface area contributed by atoms with E-state index < -0.39 is 5.97 Å². The number of nitrogens with one attached hydrogen (secondary N) is 1. The molecule has 1 aliphatic rings. The van der Waals surface area contributed by atoms with Gasteiger partial charge in [0.1, 0.15) is 0 Å². The molecule has 17 heavy (non-hydrogen) atoms. The van der Waals surface area contributed by atoms with Gasteiger partial charge in [-0.05, 0) is 19.8 Å². The van der Waals surface area contributed by atoms with Gasteiger partial charge in [-0.15, -0.1) is 0 Å². The predicted molar refractivity (Wildman–Crippen MR) is 61.9 cm³/mol. The van der Waals surface area contributed by atoms with E-state index in [2.05, 4.69) is 5.32 Å². The maximum absolute atomic E-state index is 11.7. The fourth-order valence-electron chi connectivity index (χ4n) is 1.78. The average Bonchev–Trinajstić information content (AvgIpc) is 2.77. The first-order valence-corrected chi connectivity index (χ1v) is 5.99. The van der Waals surface area contributed by atoms with Crippen LogP contribution in [-0.2, 0) is 9.53 Å². The van der Waals surface area contributed by atoms with Gasteiger partial charge in [0.2, 0.25) is 0 Å². The summed E-state index contributed by atoms with van der Waals surface area (Å²) < 4.78 is 5.46. The van der Waals surface area contributed by atoms with Crippen LogP contribution in [0.1, 0.15) is 26.2 Å². The smallest absolute Gasteiger partial charge is 0.317 e. The van der Waals surface area contributed by atoms with Gasteiger partial charge in [-0.1, -0.05) is 0 Å². The quantitative estimate of drug-likeness (QED) is 0.720. The number of carbonyl (C=O) groups excluding carboxylic acids is 1. The van der Waals surface area contributed by atoms with Gasteiger partial charge in [0.15, 0.2) is 0 Å². The summed E-state index contributed by atoms with van der Waals surface area (Å²) in [5.41, 5.74) is 0. The first-order chi connectivity index (χ1) is 8.13. The van der Waals surface area contributed by atoms with Crippen LogP contribution < -0.4 is 5.32 Å². The molecule has 1 atom stereocenters. The third-order valence-corrected chi connectivity index (χ3v) is 2.73. The van der Waals surface area contributed by atoms with Crippen LogP contribution in [0.2, 0.25) is 0 Å². The van der Waals surface area contributed by atoms with Crippen LogP contribution in [0, 0.1) is 0 Å². The topological polar surface area (TPSA) is 78.9 Å². The Kier molecular flexibility index (Phi) is 5.76. The highest BCUT2D eigenvalue weighted by atomic mass is 16.5. The number of ether oxygens (including phenoxy) is 1. The van der Waals surface area contributed by atoms with Gasteiger partial charge in [-0.3, -0.25) is 4.79 Å². The number of rotatable bonds is 6. The Morgan fingerprint density at radius 2 is 2.29 bits per heavy atom. The number of urea groups is 1. The van der Waals surface area contributed by atoms with Crippen molar-refractivity contribution in [2.45, 2.75) is 32.3 Å². The molecule has 1 heterocycles. The summed E-state index contributed by atoms with van der Waals surface area (Å²) in [7, 11) is 0. The zero-order valence-corrected chi connectivity index (χ0v) is 10.1. The van der Waals surface area contributed by atoms with Crippen molar-refractivity contribution in [3.05, 3.63) is 0 Å². The zero-order chi connectivity index (χ0) is 12.7. The Morgan fingerprint density at radius 3 is 2.82 bits per heavy atom. The molecule has 0 saturated carbocycles. The second-order valence-corrected chi connectivity index (χ2v) is 4.05. The largest absolute Gasteiger partial charge is 0.481 e. The van der Waals surface area contributed by atoms with Crippen molar-refractivity contribution in [3.8, 4) is 0 Å². The molecule has 0 spiro atoms. The van der Waals surface area contributed by atoms with Crippen LogP contribution in [0.4, 0.5) is 4.79 Å². The third kappa shape index (κ3) is 5.04. The van der Waals surface area contributed by atoms with E-state index in [4.69, 9.17) is 9.84 Å². The highest BCUT2D eigenvalue weighted by Gasteiger charge is 2.21. The number of likely N-dealkylation sites (N-methyl/N-ethyl adjacent to an activating group) is 1. The number of hydrogen-bond acceptors (Lipinski definition) is 3. The second kappa shape index (κ2) is 7.11. The molecule has 1 rings (SSSR count). The number of amides is 2. The van der Waals surface area contributed by atoms with Gasteiger partial charge in [-0.25, -0.2) is 4.79 Å². The normalized spacial score (nSPS) is 19.0. The summed E-state index contributed by atoms with van der Waals surface area (Å²) in [5.74, 6) is -0.910. The SMILES string of the molecule is CCN(CC1CCCO1)C(=O)NCCC(=O)O. The lowest BCUT2D eigenvalue weighted by Gasteiger charge is -2.24. The van der Waals surface area contributed by atoms with E-state index in [1.54, 1.807) is 4.90 Å². The highest BCUT2D eigenvalue weighted by Crippen LogP contribution is 2.13. The summed E-state index contributed by atoms with van der Waals surface area (Å²) in [5, 5.41) is 11.1. The van der Waals surface area contributed by atoms with Crippen molar-refractivity contribution >= 4 is 12.0 Å². The first kappa shape index (κ1) is 13.8. The average molecular weight is 244 g/mol. The van der Waals surface area contributed by atoms with Crippen LogP contribution in [0.5, 0.6) is 0 Å². The van der Waals surface area contributed by atoms with Gasteiger partial charge in [0, 0.05) is 26.2 Å². The van der Waals surface area contributed by atoms with E-state index in [9.17, 15) is 9.59 Å². The fraction of sp³-hybridized carbons (Fsp3) is 0.818. The fourth-order valence-corrected chi connectivity index (χ4v) is 1.78. The van der Waals surface area contributed by atoms with Crippen molar-refractivity contribution < 1.29 is 19.4 Å². The standard InChI is InChI=1S/C11H20N2O4/c1-2-13(8-9-4-3-7-17-9)11(16)12-6-5-10(14)15/h9H,2-8H2,1H3,(H,12,16)(H,14,15). The lowest BCUT2D eigenvalue weighted by Crippen LogP contribution is -2.44. The Bertz CT molecular complexity index is 264. The number of nitrogens with zero attached hydrogens (tertiary/aromatic N) is 1. The Balaban J connectivity index is 2.27. The van der Waals surface area contributed by atoms with E-state index in [1.165, 1.54) is 0 Å². The molecule has 1 aliphatic heterocycles. The molecule has 0 bridgehead atoms. The molecule has 0 aromatic carbocycles. The summed E-state index contributed by atoms with van der Waals surface area (Å²) in [6.07, 6.45) is 2.10. The van der Waals surface area contributed by atoms with Gasteiger partial charge < -0.3 is 20.1 Å². The summed E-state index contributed by atoms with van der Waals surface area (Å²) in [6, 6.07) is -0.218. The maximum atomic E-state index is 11.7. The van der Waals surface area contributed by atoms with Crippen molar-refractivity contribution in [1.82, 2.24) is 10.2 Å². The number of carboxylic acids is 1. The number of carbonyl (C=O) groups is 2. The molecule has 2 amide bonds. The van der Waals surface area contributed by atoms with Crippen molar-refractivity contribution in [2.75, 3.05) is 26.2 Å². The van der Waals surface area contributed by atoms with E-state index in [0.29, 0.717) is 13.1 Å². The number of carboxylic acid groups (broad SMARTS) is 1. The van der Waals surface area contributed by atoms with Gasteiger partial charge in [0.05, 0.1) is 12.5 Å². The minimum Gasteiger partial charge on any atom is -0.481 e. The second-order valence-electron chi connectivity index (χ2n) is 4.05. The van der Waals surface area contributed by atoms with E-state index >= 15 is 0 Å². The van der Waals surface area contributed by atoms with E-state index in [-0.39, 0.29) is 25.1 Å². The summed E-state index contributed by atoms with van der Waals surface area (Å²) >= 11 is 0. The molecule has 6 heteroatoms. The van der Waals surface area contributed by atoms with E-state index in [0.717, 1.165) is 19.4 Å². The lowest BCUT2D eigenvalue weighted by molar-refractivity contribution is -0.136.